The average molecular weight is 294 g/mol. The molecule has 0 heterocycles. The number of rotatable bonds is 3. The quantitative estimate of drug-likeness (QED) is 0.848. The fraction of sp³-hybridized carbons (Fsp3) is 0.357. The van der Waals surface area contributed by atoms with Crippen molar-refractivity contribution in [3.05, 3.63) is 46.5 Å². The molecule has 0 radical (unpaired) electrons. The van der Waals surface area contributed by atoms with Gasteiger partial charge in [-0.15, -0.1) is 0 Å². The van der Waals surface area contributed by atoms with Gasteiger partial charge < -0.3 is 5.32 Å². The zero-order chi connectivity index (χ0) is 12.3. The van der Waals surface area contributed by atoms with E-state index in [1.54, 1.807) is 0 Å². The molecule has 0 bridgehead atoms. The SMILES string of the molecule is CC(NC(=O)C1CC=CC1)c1ccc(Br)cc1. The monoisotopic (exact) mass is 293 g/mol. The van der Waals surface area contributed by atoms with Gasteiger partial charge in [-0.25, -0.2) is 0 Å². The Hall–Kier alpha value is -1.09. The summed E-state index contributed by atoms with van der Waals surface area (Å²) in [5.74, 6) is 0.290. The predicted molar refractivity (Wildman–Crippen MR) is 72.6 cm³/mol. The van der Waals surface area contributed by atoms with Gasteiger partial charge in [0.25, 0.3) is 0 Å². The van der Waals surface area contributed by atoms with Crippen molar-refractivity contribution in [1.29, 1.82) is 0 Å². The van der Waals surface area contributed by atoms with Gasteiger partial charge in [-0.05, 0) is 37.5 Å². The zero-order valence-electron chi connectivity index (χ0n) is 9.82. The third-order valence-corrected chi connectivity index (χ3v) is 3.64. The summed E-state index contributed by atoms with van der Waals surface area (Å²) in [6.07, 6.45) is 5.90. The highest BCUT2D eigenvalue weighted by molar-refractivity contribution is 9.10. The minimum atomic E-state index is 0.0659. The number of amides is 1. The van der Waals surface area contributed by atoms with Crippen LogP contribution >= 0.6 is 15.9 Å². The van der Waals surface area contributed by atoms with Crippen LogP contribution in [0.2, 0.25) is 0 Å². The molecule has 17 heavy (non-hydrogen) atoms. The van der Waals surface area contributed by atoms with E-state index in [0.717, 1.165) is 22.9 Å². The first-order valence-electron chi connectivity index (χ1n) is 5.87. The van der Waals surface area contributed by atoms with Gasteiger partial charge in [0.2, 0.25) is 5.91 Å². The van der Waals surface area contributed by atoms with Crippen molar-refractivity contribution in [2.75, 3.05) is 0 Å². The number of benzene rings is 1. The fourth-order valence-electron chi connectivity index (χ4n) is 2.00. The van der Waals surface area contributed by atoms with E-state index in [4.69, 9.17) is 0 Å². The zero-order valence-corrected chi connectivity index (χ0v) is 11.4. The van der Waals surface area contributed by atoms with E-state index in [0.29, 0.717) is 0 Å². The minimum absolute atomic E-state index is 0.0659. The molecule has 0 aromatic heterocycles. The molecular weight excluding hydrogens is 278 g/mol. The molecule has 1 aliphatic carbocycles. The van der Waals surface area contributed by atoms with Gasteiger partial charge in [-0.3, -0.25) is 4.79 Å². The lowest BCUT2D eigenvalue weighted by atomic mass is 10.0. The lowest BCUT2D eigenvalue weighted by Crippen LogP contribution is -2.31. The molecule has 1 aromatic carbocycles. The van der Waals surface area contributed by atoms with Crippen LogP contribution < -0.4 is 5.32 Å². The molecule has 0 saturated heterocycles. The number of allylic oxidation sites excluding steroid dienone is 2. The first-order valence-corrected chi connectivity index (χ1v) is 6.67. The second kappa shape index (κ2) is 5.50. The van der Waals surface area contributed by atoms with Crippen molar-refractivity contribution in [2.24, 2.45) is 5.92 Å². The van der Waals surface area contributed by atoms with E-state index >= 15 is 0 Å². The van der Waals surface area contributed by atoms with Crippen LogP contribution in [0.4, 0.5) is 0 Å². The Morgan fingerprint density at radius 1 is 1.29 bits per heavy atom. The van der Waals surface area contributed by atoms with Crippen LogP contribution in [0, 0.1) is 5.92 Å². The molecule has 3 heteroatoms. The molecule has 1 aromatic rings. The highest BCUT2D eigenvalue weighted by Gasteiger charge is 2.20. The lowest BCUT2D eigenvalue weighted by Gasteiger charge is -2.17. The van der Waals surface area contributed by atoms with Gasteiger partial charge in [0.15, 0.2) is 0 Å². The van der Waals surface area contributed by atoms with E-state index in [-0.39, 0.29) is 17.9 Å². The van der Waals surface area contributed by atoms with Crippen LogP contribution in [0.1, 0.15) is 31.4 Å². The predicted octanol–water partition coefficient (Wildman–Crippen LogP) is 3.59. The smallest absolute Gasteiger partial charge is 0.224 e. The Morgan fingerprint density at radius 3 is 2.47 bits per heavy atom. The Balaban J connectivity index is 1.94. The third kappa shape index (κ3) is 3.19. The van der Waals surface area contributed by atoms with Crippen LogP contribution in [0.5, 0.6) is 0 Å². The van der Waals surface area contributed by atoms with Crippen LogP contribution in [0.3, 0.4) is 0 Å². The molecule has 0 aliphatic heterocycles. The average Bonchev–Trinajstić information content (AvgIpc) is 2.83. The normalized spacial score (nSPS) is 17.1. The number of nitrogens with one attached hydrogen (secondary N) is 1. The number of carbonyl (C=O) groups is 1. The standard InChI is InChI=1S/C14H16BrNO/c1-10(11-6-8-13(15)9-7-11)16-14(17)12-4-2-3-5-12/h2-3,6-10,12H,4-5H2,1H3,(H,16,17). The topological polar surface area (TPSA) is 29.1 Å². The maximum absolute atomic E-state index is 11.9. The summed E-state index contributed by atoms with van der Waals surface area (Å²) in [4.78, 5) is 11.9. The van der Waals surface area contributed by atoms with Crippen molar-refractivity contribution in [3.63, 3.8) is 0 Å². The summed E-state index contributed by atoms with van der Waals surface area (Å²) in [7, 11) is 0. The molecule has 0 fully saturated rings. The molecule has 1 N–H and O–H groups in total. The van der Waals surface area contributed by atoms with E-state index in [1.807, 2.05) is 31.2 Å². The van der Waals surface area contributed by atoms with Crippen molar-refractivity contribution in [1.82, 2.24) is 5.32 Å². The second-order valence-electron chi connectivity index (χ2n) is 4.42. The molecule has 1 amide bonds. The Morgan fingerprint density at radius 2 is 1.88 bits per heavy atom. The second-order valence-corrected chi connectivity index (χ2v) is 5.34. The van der Waals surface area contributed by atoms with Crippen molar-refractivity contribution in [2.45, 2.75) is 25.8 Å². The van der Waals surface area contributed by atoms with Gasteiger partial charge in [0.1, 0.15) is 0 Å². The van der Waals surface area contributed by atoms with Gasteiger partial charge in [0.05, 0.1) is 6.04 Å². The molecule has 2 rings (SSSR count). The molecule has 2 nitrogen and oxygen atoms in total. The van der Waals surface area contributed by atoms with Crippen LogP contribution in [-0.2, 0) is 4.79 Å². The maximum atomic E-state index is 11.9. The number of carbonyl (C=O) groups excluding carboxylic acids is 1. The lowest BCUT2D eigenvalue weighted by molar-refractivity contribution is -0.125. The summed E-state index contributed by atoms with van der Waals surface area (Å²) in [5, 5.41) is 3.06. The molecule has 0 spiro atoms. The number of hydrogen-bond donors (Lipinski definition) is 1. The molecule has 1 aliphatic rings. The molecule has 1 atom stereocenters. The maximum Gasteiger partial charge on any atom is 0.224 e. The van der Waals surface area contributed by atoms with Gasteiger partial charge in [-0.1, -0.05) is 40.2 Å². The summed E-state index contributed by atoms with van der Waals surface area (Å²) < 4.78 is 1.06. The Bertz CT molecular complexity index is 416. The van der Waals surface area contributed by atoms with Gasteiger partial charge >= 0.3 is 0 Å². The highest BCUT2D eigenvalue weighted by Crippen LogP contribution is 2.21. The minimum Gasteiger partial charge on any atom is -0.349 e. The fourth-order valence-corrected chi connectivity index (χ4v) is 2.26. The Kier molecular flexibility index (Phi) is 4.00. The molecule has 0 saturated carbocycles. The van der Waals surface area contributed by atoms with Crippen LogP contribution in [0.15, 0.2) is 40.9 Å². The van der Waals surface area contributed by atoms with Crippen molar-refractivity contribution >= 4 is 21.8 Å². The van der Waals surface area contributed by atoms with Crippen LogP contribution in [0.25, 0.3) is 0 Å². The summed E-state index contributed by atoms with van der Waals surface area (Å²) >= 11 is 3.40. The number of hydrogen-bond acceptors (Lipinski definition) is 1. The Labute approximate surface area is 110 Å². The summed E-state index contributed by atoms with van der Waals surface area (Å²) in [6, 6.07) is 8.12. The van der Waals surface area contributed by atoms with E-state index in [1.165, 1.54) is 0 Å². The molecule has 90 valence electrons. The van der Waals surface area contributed by atoms with Gasteiger partial charge in [-0.2, -0.15) is 0 Å². The van der Waals surface area contributed by atoms with Crippen molar-refractivity contribution in [3.8, 4) is 0 Å². The summed E-state index contributed by atoms with van der Waals surface area (Å²) in [5.41, 5.74) is 1.13. The largest absolute Gasteiger partial charge is 0.349 e. The molecule has 1 unspecified atom stereocenters. The summed E-state index contributed by atoms with van der Waals surface area (Å²) in [6.45, 7) is 2.02. The van der Waals surface area contributed by atoms with Crippen molar-refractivity contribution < 1.29 is 4.79 Å². The first kappa shape index (κ1) is 12.4. The molecular formula is C14H16BrNO. The van der Waals surface area contributed by atoms with Gasteiger partial charge in [0, 0.05) is 10.4 Å². The first-order chi connectivity index (χ1) is 8.16. The number of halogens is 1. The van der Waals surface area contributed by atoms with Crippen LogP contribution in [-0.4, -0.2) is 5.91 Å². The highest BCUT2D eigenvalue weighted by atomic mass is 79.9. The van der Waals surface area contributed by atoms with E-state index in [2.05, 4.69) is 33.4 Å². The van der Waals surface area contributed by atoms with E-state index in [9.17, 15) is 4.79 Å². The third-order valence-electron chi connectivity index (χ3n) is 3.11. The van der Waals surface area contributed by atoms with E-state index < -0.39 is 0 Å².